The predicted octanol–water partition coefficient (Wildman–Crippen LogP) is 1.68. The van der Waals surface area contributed by atoms with Crippen LogP contribution in [0.15, 0.2) is 37.1 Å². The molecule has 4 heteroatoms. The highest BCUT2D eigenvalue weighted by atomic mass is 15.0. The second kappa shape index (κ2) is 5.42. The van der Waals surface area contributed by atoms with Gasteiger partial charge in [0.05, 0.1) is 12.0 Å². The van der Waals surface area contributed by atoms with Crippen molar-refractivity contribution in [3.63, 3.8) is 0 Å². The zero-order valence-electron chi connectivity index (χ0n) is 9.21. The molecule has 0 atom stereocenters. The fourth-order valence-electron chi connectivity index (χ4n) is 1.59. The van der Waals surface area contributed by atoms with E-state index in [-0.39, 0.29) is 0 Å². The smallest absolute Gasteiger partial charge is 0.0953 e. The monoisotopic (exact) mass is 216 g/mol. The maximum absolute atomic E-state index is 5.46. The third-order valence-corrected chi connectivity index (χ3v) is 2.48. The number of nitrogens with zero attached hydrogens (tertiary/aromatic N) is 3. The number of hydrogen-bond donors (Lipinski definition) is 1. The van der Waals surface area contributed by atoms with Gasteiger partial charge in [0.25, 0.3) is 0 Å². The standard InChI is InChI=1S/C12H16N4/c13-5-1-2-8-16-9-12(15-10-16)11-3-6-14-7-4-11/h3-4,6-7,9-10H,1-2,5,8,13H2. The normalized spacial score (nSPS) is 10.6. The Bertz CT molecular complexity index is 422. The molecule has 2 N–H and O–H groups in total. The third-order valence-electron chi connectivity index (χ3n) is 2.48. The van der Waals surface area contributed by atoms with Gasteiger partial charge in [0.2, 0.25) is 0 Å². The molecule has 2 rings (SSSR count). The summed E-state index contributed by atoms with van der Waals surface area (Å²) in [7, 11) is 0. The van der Waals surface area contributed by atoms with Gasteiger partial charge in [-0.2, -0.15) is 0 Å². The number of aromatic nitrogens is 3. The van der Waals surface area contributed by atoms with Crippen molar-refractivity contribution in [1.29, 1.82) is 0 Å². The number of nitrogens with two attached hydrogens (primary N) is 1. The maximum Gasteiger partial charge on any atom is 0.0953 e. The van der Waals surface area contributed by atoms with Crippen molar-refractivity contribution in [3.8, 4) is 11.3 Å². The number of unbranched alkanes of at least 4 members (excludes halogenated alkanes) is 1. The Hall–Kier alpha value is -1.68. The molecule has 2 heterocycles. The van der Waals surface area contributed by atoms with Crippen LogP contribution in [0.25, 0.3) is 11.3 Å². The lowest BCUT2D eigenvalue weighted by Crippen LogP contribution is -2.01. The molecule has 0 aliphatic carbocycles. The molecule has 2 aromatic heterocycles. The van der Waals surface area contributed by atoms with E-state index in [1.54, 1.807) is 12.4 Å². The summed E-state index contributed by atoms with van der Waals surface area (Å²) in [6, 6.07) is 3.93. The molecular formula is C12H16N4. The van der Waals surface area contributed by atoms with Crippen LogP contribution in [-0.4, -0.2) is 21.1 Å². The molecule has 0 saturated carbocycles. The molecule has 0 bridgehead atoms. The van der Waals surface area contributed by atoms with Crippen LogP contribution in [0, 0.1) is 0 Å². The molecule has 0 amide bonds. The predicted molar refractivity (Wildman–Crippen MR) is 63.7 cm³/mol. The SMILES string of the molecule is NCCCCn1cnc(-c2ccncc2)c1. The number of rotatable bonds is 5. The molecule has 0 fully saturated rings. The Kier molecular flexibility index (Phi) is 3.66. The van der Waals surface area contributed by atoms with E-state index in [1.165, 1.54) is 0 Å². The summed E-state index contributed by atoms with van der Waals surface area (Å²) in [6.45, 7) is 1.74. The van der Waals surface area contributed by atoms with Gasteiger partial charge >= 0.3 is 0 Å². The minimum atomic E-state index is 0.756. The highest BCUT2D eigenvalue weighted by Gasteiger charge is 2.00. The summed E-state index contributed by atoms with van der Waals surface area (Å²) in [6.07, 6.45) is 9.65. The molecule has 0 radical (unpaired) electrons. The van der Waals surface area contributed by atoms with Crippen LogP contribution in [0.5, 0.6) is 0 Å². The lowest BCUT2D eigenvalue weighted by molar-refractivity contribution is 0.614. The highest BCUT2D eigenvalue weighted by Crippen LogP contribution is 2.15. The highest BCUT2D eigenvalue weighted by molar-refractivity contribution is 5.56. The first-order chi connectivity index (χ1) is 7.90. The van der Waals surface area contributed by atoms with Crippen LogP contribution in [0.1, 0.15) is 12.8 Å². The fraction of sp³-hybridized carbons (Fsp3) is 0.333. The number of pyridine rings is 1. The minimum Gasteiger partial charge on any atom is -0.337 e. The Morgan fingerprint density at radius 3 is 2.75 bits per heavy atom. The van der Waals surface area contributed by atoms with E-state index in [4.69, 9.17) is 5.73 Å². The lowest BCUT2D eigenvalue weighted by atomic mass is 10.2. The average Bonchev–Trinajstić information content (AvgIpc) is 2.79. The summed E-state index contributed by atoms with van der Waals surface area (Å²) in [5.74, 6) is 0. The maximum atomic E-state index is 5.46. The van der Waals surface area contributed by atoms with Gasteiger partial charge < -0.3 is 10.3 Å². The van der Waals surface area contributed by atoms with Gasteiger partial charge in [0.1, 0.15) is 0 Å². The van der Waals surface area contributed by atoms with E-state index in [0.29, 0.717) is 0 Å². The molecular weight excluding hydrogens is 200 g/mol. The summed E-state index contributed by atoms with van der Waals surface area (Å²) < 4.78 is 2.10. The van der Waals surface area contributed by atoms with Crippen molar-refractivity contribution in [2.75, 3.05) is 6.54 Å². The van der Waals surface area contributed by atoms with E-state index in [9.17, 15) is 0 Å². The van der Waals surface area contributed by atoms with Crippen LogP contribution in [-0.2, 0) is 6.54 Å². The van der Waals surface area contributed by atoms with E-state index in [2.05, 4.69) is 20.7 Å². The zero-order valence-corrected chi connectivity index (χ0v) is 9.21. The summed E-state index contributed by atoms with van der Waals surface area (Å²) in [4.78, 5) is 8.36. The average molecular weight is 216 g/mol. The number of hydrogen-bond acceptors (Lipinski definition) is 3. The van der Waals surface area contributed by atoms with E-state index in [1.807, 2.05) is 18.5 Å². The lowest BCUT2D eigenvalue weighted by Gasteiger charge is -1.99. The largest absolute Gasteiger partial charge is 0.337 e. The molecule has 0 aromatic carbocycles. The van der Waals surface area contributed by atoms with Crippen molar-refractivity contribution in [1.82, 2.24) is 14.5 Å². The van der Waals surface area contributed by atoms with Gasteiger partial charge in [-0.15, -0.1) is 0 Å². The van der Waals surface area contributed by atoms with Crippen molar-refractivity contribution >= 4 is 0 Å². The first-order valence-electron chi connectivity index (χ1n) is 5.52. The van der Waals surface area contributed by atoms with Crippen LogP contribution in [0.4, 0.5) is 0 Å². The van der Waals surface area contributed by atoms with Crippen LogP contribution >= 0.6 is 0 Å². The van der Waals surface area contributed by atoms with Crippen LogP contribution in [0.3, 0.4) is 0 Å². The quantitative estimate of drug-likeness (QED) is 0.774. The van der Waals surface area contributed by atoms with Crippen molar-refractivity contribution < 1.29 is 0 Å². The molecule has 16 heavy (non-hydrogen) atoms. The van der Waals surface area contributed by atoms with E-state index < -0.39 is 0 Å². The molecule has 2 aromatic rings. The van der Waals surface area contributed by atoms with Gasteiger partial charge in [-0.1, -0.05) is 0 Å². The molecule has 84 valence electrons. The Labute approximate surface area is 95.1 Å². The Balaban J connectivity index is 2.02. The number of imidazole rings is 1. The second-order valence-corrected chi connectivity index (χ2v) is 3.73. The van der Waals surface area contributed by atoms with Crippen molar-refractivity contribution in [3.05, 3.63) is 37.1 Å². The molecule has 0 aliphatic heterocycles. The summed E-state index contributed by atoms with van der Waals surface area (Å²) in [5, 5.41) is 0. The molecule has 0 saturated heterocycles. The molecule has 0 spiro atoms. The first-order valence-corrected chi connectivity index (χ1v) is 5.52. The fourth-order valence-corrected chi connectivity index (χ4v) is 1.59. The van der Waals surface area contributed by atoms with Gasteiger partial charge in [0, 0.05) is 30.7 Å². The summed E-state index contributed by atoms with van der Waals surface area (Å²) in [5.41, 5.74) is 7.56. The van der Waals surface area contributed by atoms with Gasteiger partial charge in [0.15, 0.2) is 0 Å². The topological polar surface area (TPSA) is 56.7 Å². The zero-order chi connectivity index (χ0) is 11.2. The molecule has 4 nitrogen and oxygen atoms in total. The molecule has 0 aliphatic rings. The molecule has 0 unspecified atom stereocenters. The van der Waals surface area contributed by atoms with E-state index >= 15 is 0 Å². The first kappa shape index (κ1) is 10.8. The Morgan fingerprint density at radius 2 is 2.00 bits per heavy atom. The van der Waals surface area contributed by atoms with Crippen molar-refractivity contribution in [2.24, 2.45) is 5.73 Å². The van der Waals surface area contributed by atoms with Gasteiger partial charge in [-0.05, 0) is 31.5 Å². The number of aryl methyl sites for hydroxylation is 1. The summed E-state index contributed by atoms with van der Waals surface area (Å²) >= 11 is 0. The third kappa shape index (κ3) is 2.67. The second-order valence-electron chi connectivity index (χ2n) is 3.73. The van der Waals surface area contributed by atoms with Crippen molar-refractivity contribution in [2.45, 2.75) is 19.4 Å². The van der Waals surface area contributed by atoms with E-state index in [0.717, 1.165) is 37.2 Å². The van der Waals surface area contributed by atoms with Crippen LogP contribution < -0.4 is 5.73 Å². The van der Waals surface area contributed by atoms with Gasteiger partial charge in [-0.25, -0.2) is 4.98 Å². The van der Waals surface area contributed by atoms with Gasteiger partial charge in [-0.3, -0.25) is 4.98 Å². The Morgan fingerprint density at radius 1 is 1.19 bits per heavy atom. The minimum absolute atomic E-state index is 0.756. The van der Waals surface area contributed by atoms with Crippen LogP contribution in [0.2, 0.25) is 0 Å².